The maximum absolute atomic E-state index is 10.1. The highest BCUT2D eigenvalue weighted by molar-refractivity contribution is 6.56. The molecule has 0 aromatic rings. The molecule has 8 heteroatoms. The average molecular weight is 311 g/mol. The number of rotatable bonds is 5. The molecule has 0 saturated heterocycles. The molecule has 0 aromatic heterocycles. The first kappa shape index (κ1) is 19.5. The van der Waals surface area contributed by atoms with E-state index in [2.05, 4.69) is 6.58 Å². The molecule has 0 aliphatic carbocycles. The first-order chi connectivity index (χ1) is 8.57. The second-order valence-electron chi connectivity index (χ2n) is 3.09. The van der Waals surface area contributed by atoms with E-state index in [0.29, 0.717) is 0 Å². The van der Waals surface area contributed by atoms with Crippen molar-refractivity contribution in [2.75, 3.05) is 0 Å². The van der Waals surface area contributed by atoms with Crippen LogP contribution in [0.3, 0.4) is 0 Å². The highest BCUT2D eigenvalue weighted by Crippen LogP contribution is 2.07. The molecule has 106 valence electrons. The fourth-order valence-corrected chi connectivity index (χ4v) is 0.643. The maximum Gasteiger partial charge on any atom is 0.331 e. The van der Waals surface area contributed by atoms with Crippen LogP contribution in [0.1, 0.15) is 13.3 Å². The summed E-state index contributed by atoms with van der Waals surface area (Å²) in [5.74, 6) is -3.43. The van der Waals surface area contributed by atoms with E-state index in [0.717, 1.165) is 0 Å². The molecule has 0 amide bonds. The molecule has 6 nitrogen and oxygen atoms in total. The number of carboxylic acid groups (broad SMARTS) is 3. The summed E-state index contributed by atoms with van der Waals surface area (Å²) in [4.78, 5) is 29.8. The van der Waals surface area contributed by atoms with Gasteiger partial charge in [-0.1, -0.05) is 29.8 Å². The van der Waals surface area contributed by atoms with Crippen molar-refractivity contribution in [3.8, 4) is 0 Å². The first-order valence-electron chi connectivity index (χ1n) is 4.63. The SMILES string of the molecule is C=C(CC(=O)O)C(=O)O.CC(=CC=C(Cl)Cl)C(=O)O. The largest absolute Gasteiger partial charge is 0.481 e. The molecular formula is C11H12Cl2O6. The summed E-state index contributed by atoms with van der Waals surface area (Å²) in [6.07, 6.45) is 2.14. The van der Waals surface area contributed by atoms with Gasteiger partial charge in [0.05, 0.1) is 6.42 Å². The molecule has 0 aromatic carbocycles. The van der Waals surface area contributed by atoms with Crippen molar-refractivity contribution in [2.45, 2.75) is 13.3 Å². The van der Waals surface area contributed by atoms with Crippen LogP contribution in [0.5, 0.6) is 0 Å². The molecule has 0 radical (unpaired) electrons. The second-order valence-corrected chi connectivity index (χ2v) is 4.10. The third-order valence-corrected chi connectivity index (χ3v) is 1.72. The van der Waals surface area contributed by atoms with Crippen molar-refractivity contribution in [1.82, 2.24) is 0 Å². The van der Waals surface area contributed by atoms with Crippen LogP contribution in [-0.2, 0) is 14.4 Å². The number of allylic oxidation sites excluding steroid dienone is 2. The molecule has 0 aliphatic rings. The van der Waals surface area contributed by atoms with Gasteiger partial charge < -0.3 is 15.3 Å². The average Bonchev–Trinajstić information content (AvgIpc) is 2.25. The molecule has 0 spiro atoms. The Labute approximate surface area is 119 Å². The zero-order chi connectivity index (χ0) is 15.6. The molecule has 0 atom stereocenters. The summed E-state index contributed by atoms with van der Waals surface area (Å²) in [6.45, 7) is 4.47. The Balaban J connectivity index is 0. The molecular weight excluding hydrogens is 299 g/mol. The number of hydrogen-bond donors (Lipinski definition) is 3. The maximum atomic E-state index is 10.1. The third-order valence-electron chi connectivity index (χ3n) is 1.46. The van der Waals surface area contributed by atoms with Gasteiger partial charge in [0, 0.05) is 11.1 Å². The van der Waals surface area contributed by atoms with Gasteiger partial charge >= 0.3 is 17.9 Å². The second kappa shape index (κ2) is 10.2. The first-order valence-corrected chi connectivity index (χ1v) is 5.39. The van der Waals surface area contributed by atoms with Crippen LogP contribution >= 0.6 is 23.2 Å². The minimum atomic E-state index is -1.27. The van der Waals surface area contributed by atoms with Gasteiger partial charge in [-0.2, -0.15) is 0 Å². The van der Waals surface area contributed by atoms with Gasteiger partial charge in [-0.05, 0) is 19.1 Å². The molecule has 0 unspecified atom stereocenters. The normalized spacial score (nSPS) is 9.74. The number of carbonyl (C=O) groups is 3. The standard InChI is InChI=1S/C6H6Cl2O2.C5H6O4/c1-4(6(9)10)2-3-5(7)8;1-3(5(8)9)2-4(6)7/h2-3H,1H3,(H,9,10);1-2H2,(H,6,7)(H,8,9). The summed E-state index contributed by atoms with van der Waals surface area (Å²) in [6, 6.07) is 0. The van der Waals surface area contributed by atoms with Gasteiger partial charge in [-0.25, -0.2) is 9.59 Å². The van der Waals surface area contributed by atoms with Crippen LogP contribution in [0, 0.1) is 0 Å². The van der Waals surface area contributed by atoms with Crippen molar-refractivity contribution in [2.24, 2.45) is 0 Å². The van der Waals surface area contributed by atoms with Gasteiger partial charge in [-0.15, -0.1) is 0 Å². The Morgan fingerprint density at radius 2 is 1.53 bits per heavy atom. The van der Waals surface area contributed by atoms with Gasteiger partial charge in [0.1, 0.15) is 4.49 Å². The Morgan fingerprint density at radius 3 is 1.74 bits per heavy atom. The fraction of sp³-hybridized carbons (Fsp3) is 0.182. The summed E-state index contributed by atoms with van der Waals surface area (Å²) in [7, 11) is 0. The number of hydrogen-bond acceptors (Lipinski definition) is 3. The monoisotopic (exact) mass is 310 g/mol. The number of carboxylic acids is 3. The minimum Gasteiger partial charge on any atom is -0.481 e. The highest BCUT2D eigenvalue weighted by Gasteiger charge is 2.07. The predicted octanol–water partition coefficient (Wildman–Crippen LogP) is 2.44. The smallest absolute Gasteiger partial charge is 0.331 e. The zero-order valence-corrected chi connectivity index (χ0v) is 11.4. The summed E-state index contributed by atoms with van der Waals surface area (Å²) in [5.41, 5.74) is -0.110. The lowest BCUT2D eigenvalue weighted by atomic mass is 10.2. The minimum absolute atomic E-state index is 0.0422. The third kappa shape index (κ3) is 14.1. The van der Waals surface area contributed by atoms with Crippen molar-refractivity contribution in [3.05, 3.63) is 34.4 Å². The Hall–Kier alpha value is -1.79. The van der Waals surface area contributed by atoms with Crippen LogP contribution < -0.4 is 0 Å². The van der Waals surface area contributed by atoms with Crippen molar-refractivity contribution < 1.29 is 29.7 Å². The van der Waals surface area contributed by atoms with E-state index in [1.54, 1.807) is 0 Å². The summed E-state index contributed by atoms with van der Waals surface area (Å²) in [5, 5.41) is 24.4. The quantitative estimate of drug-likeness (QED) is 0.531. The van der Waals surface area contributed by atoms with E-state index in [9.17, 15) is 14.4 Å². The van der Waals surface area contributed by atoms with Crippen molar-refractivity contribution >= 4 is 41.1 Å². The van der Waals surface area contributed by atoms with E-state index in [-0.39, 0.29) is 15.6 Å². The van der Waals surface area contributed by atoms with Crippen molar-refractivity contribution in [1.29, 1.82) is 0 Å². The lowest BCUT2D eigenvalue weighted by Gasteiger charge is -1.91. The summed E-state index contributed by atoms with van der Waals surface area (Å²) < 4.78 is 0.0422. The van der Waals surface area contributed by atoms with E-state index in [1.165, 1.54) is 19.1 Å². The zero-order valence-electron chi connectivity index (χ0n) is 9.89. The molecule has 0 bridgehead atoms. The van der Waals surface area contributed by atoms with Crippen molar-refractivity contribution in [3.63, 3.8) is 0 Å². The molecule has 0 heterocycles. The topological polar surface area (TPSA) is 112 Å². The Kier molecular flexibility index (Phi) is 10.5. The van der Waals surface area contributed by atoms with Gasteiger partial charge in [0.15, 0.2) is 0 Å². The fourth-order valence-electron chi connectivity index (χ4n) is 0.517. The van der Waals surface area contributed by atoms with Crippen LogP contribution in [0.15, 0.2) is 34.4 Å². The molecule has 19 heavy (non-hydrogen) atoms. The predicted molar refractivity (Wildman–Crippen MR) is 70.2 cm³/mol. The lowest BCUT2D eigenvalue weighted by Crippen LogP contribution is -2.04. The van der Waals surface area contributed by atoms with E-state index < -0.39 is 24.3 Å². The molecule has 0 saturated carbocycles. The van der Waals surface area contributed by atoms with Gasteiger partial charge in [0.2, 0.25) is 0 Å². The molecule has 3 N–H and O–H groups in total. The van der Waals surface area contributed by atoms with Crippen LogP contribution in [0.4, 0.5) is 0 Å². The number of halogens is 2. The summed E-state index contributed by atoms with van der Waals surface area (Å²) >= 11 is 10.4. The highest BCUT2D eigenvalue weighted by atomic mass is 35.5. The van der Waals surface area contributed by atoms with E-state index >= 15 is 0 Å². The Bertz CT molecular complexity index is 432. The van der Waals surface area contributed by atoms with Gasteiger partial charge in [0.25, 0.3) is 0 Å². The lowest BCUT2D eigenvalue weighted by molar-refractivity contribution is -0.139. The van der Waals surface area contributed by atoms with Crippen LogP contribution in [0.2, 0.25) is 0 Å². The number of aliphatic carboxylic acids is 3. The van der Waals surface area contributed by atoms with Crippen LogP contribution in [-0.4, -0.2) is 33.2 Å². The molecule has 0 fully saturated rings. The Morgan fingerprint density at radius 1 is 1.05 bits per heavy atom. The van der Waals surface area contributed by atoms with E-state index in [1.807, 2.05) is 0 Å². The molecule has 0 rings (SSSR count). The van der Waals surface area contributed by atoms with Crippen LogP contribution in [0.25, 0.3) is 0 Å². The van der Waals surface area contributed by atoms with E-state index in [4.69, 9.17) is 38.5 Å². The van der Waals surface area contributed by atoms with Gasteiger partial charge in [-0.3, -0.25) is 4.79 Å². The molecule has 0 aliphatic heterocycles.